The third-order valence-electron chi connectivity index (χ3n) is 3.23. The van der Waals surface area contributed by atoms with Crippen LogP contribution in [0.5, 0.6) is 0 Å². The van der Waals surface area contributed by atoms with Crippen LogP contribution in [0.4, 0.5) is 5.82 Å². The molecule has 19 heavy (non-hydrogen) atoms. The van der Waals surface area contributed by atoms with E-state index in [1.54, 1.807) is 12.1 Å². The average Bonchev–Trinajstić information content (AvgIpc) is 3.20. The molecule has 0 aliphatic heterocycles. The van der Waals surface area contributed by atoms with E-state index in [9.17, 15) is 9.90 Å². The average molecular weight is 260 g/mol. The van der Waals surface area contributed by atoms with Crippen molar-refractivity contribution in [1.29, 1.82) is 0 Å². The second kappa shape index (κ2) is 5.87. The fourth-order valence-corrected chi connectivity index (χ4v) is 2.18. The van der Waals surface area contributed by atoms with Crippen LogP contribution in [-0.2, 0) is 6.42 Å². The molecule has 4 nitrogen and oxygen atoms in total. The number of hydrogen-bond donors (Lipinski definition) is 1. The second-order valence-electron chi connectivity index (χ2n) is 4.93. The van der Waals surface area contributed by atoms with Gasteiger partial charge in [-0.15, -0.1) is 6.58 Å². The molecule has 1 aromatic heterocycles. The normalized spacial score (nSPS) is 14.2. The molecule has 1 aliphatic rings. The van der Waals surface area contributed by atoms with Crippen LogP contribution in [0.1, 0.15) is 42.2 Å². The summed E-state index contributed by atoms with van der Waals surface area (Å²) in [6.07, 6.45) is 5.90. The fraction of sp³-hybridized carbons (Fsp3) is 0.467. The summed E-state index contributed by atoms with van der Waals surface area (Å²) in [4.78, 5) is 18.0. The molecule has 0 radical (unpaired) electrons. The maximum Gasteiger partial charge on any atom is 0.335 e. The van der Waals surface area contributed by atoms with E-state index in [0.717, 1.165) is 37.2 Å². The van der Waals surface area contributed by atoms with Crippen LogP contribution in [0.15, 0.2) is 24.8 Å². The predicted octanol–water partition coefficient (Wildman–Crippen LogP) is 2.89. The quantitative estimate of drug-likeness (QED) is 0.766. The number of carboxylic acids is 1. The van der Waals surface area contributed by atoms with E-state index < -0.39 is 5.97 Å². The molecular formula is C15H20N2O2. The van der Waals surface area contributed by atoms with Gasteiger partial charge in [0.15, 0.2) is 0 Å². The highest BCUT2D eigenvalue weighted by Gasteiger charge is 2.29. The number of aromatic nitrogens is 1. The van der Waals surface area contributed by atoms with Gasteiger partial charge in [-0.2, -0.15) is 0 Å². The Morgan fingerprint density at radius 2 is 2.32 bits per heavy atom. The summed E-state index contributed by atoms with van der Waals surface area (Å²) in [5.41, 5.74) is 1.18. The summed E-state index contributed by atoms with van der Waals surface area (Å²) in [5.74, 6) is -0.124. The first-order valence-corrected chi connectivity index (χ1v) is 6.77. The first-order valence-electron chi connectivity index (χ1n) is 6.77. The van der Waals surface area contributed by atoms with Gasteiger partial charge in [-0.1, -0.05) is 19.4 Å². The Kier molecular flexibility index (Phi) is 4.20. The summed E-state index contributed by atoms with van der Waals surface area (Å²) in [7, 11) is 0. The number of aromatic carboxylic acids is 1. The summed E-state index contributed by atoms with van der Waals surface area (Å²) in [5, 5.41) is 9.20. The Balaban J connectivity index is 2.35. The van der Waals surface area contributed by atoms with Crippen molar-refractivity contribution in [1.82, 2.24) is 4.98 Å². The van der Waals surface area contributed by atoms with E-state index in [2.05, 4.69) is 23.4 Å². The van der Waals surface area contributed by atoms with Gasteiger partial charge >= 0.3 is 5.97 Å². The first kappa shape index (κ1) is 13.6. The van der Waals surface area contributed by atoms with Crippen LogP contribution < -0.4 is 4.90 Å². The number of carboxylic acid groups (broad SMARTS) is 1. The molecule has 2 rings (SSSR count). The standard InChI is InChI=1S/C15H20N2O2/c1-3-5-12-9-11(15(18)19)10-14(16-12)17(8-4-2)13-6-7-13/h4,9-10,13H,2-3,5-8H2,1H3,(H,18,19). The zero-order valence-electron chi connectivity index (χ0n) is 11.3. The molecule has 0 saturated heterocycles. The minimum atomic E-state index is -0.893. The summed E-state index contributed by atoms with van der Waals surface area (Å²) in [6, 6.07) is 3.83. The van der Waals surface area contributed by atoms with Crippen molar-refractivity contribution in [2.75, 3.05) is 11.4 Å². The van der Waals surface area contributed by atoms with Crippen LogP contribution in [0.2, 0.25) is 0 Å². The largest absolute Gasteiger partial charge is 0.478 e. The van der Waals surface area contributed by atoms with E-state index in [-0.39, 0.29) is 0 Å². The monoisotopic (exact) mass is 260 g/mol. The number of aryl methyl sites for hydroxylation is 1. The number of carbonyl (C=O) groups is 1. The van der Waals surface area contributed by atoms with Gasteiger partial charge in [0.1, 0.15) is 5.82 Å². The van der Waals surface area contributed by atoms with Crippen LogP contribution in [0.25, 0.3) is 0 Å². The molecule has 0 atom stereocenters. The third kappa shape index (κ3) is 3.34. The molecule has 1 N–H and O–H groups in total. The minimum absolute atomic E-state index is 0.322. The minimum Gasteiger partial charge on any atom is -0.478 e. The predicted molar refractivity (Wildman–Crippen MR) is 75.8 cm³/mol. The molecule has 4 heteroatoms. The number of anilines is 1. The van der Waals surface area contributed by atoms with Crippen molar-refractivity contribution in [3.8, 4) is 0 Å². The summed E-state index contributed by atoms with van der Waals surface area (Å²) in [6.45, 7) is 6.55. The Hall–Kier alpha value is -1.84. The zero-order chi connectivity index (χ0) is 13.8. The number of hydrogen-bond acceptors (Lipinski definition) is 3. The van der Waals surface area contributed by atoms with Crippen LogP contribution >= 0.6 is 0 Å². The van der Waals surface area contributed by atoms with Gasteiger partial charge in [-0.3, -0.25) is 0 Å². The van der Waals surface area contributed by atoms with Gasteiger partial charge in [-0.25, -0.2) is 9.78 Å². The number of pyridine rings is 1. The highest BCUT2D eigenvalue weighted by atomic mass is 16.4. The van der Waals surface area contributed by atoms with Gasteiger partial charge in [0.05, 0.1) is 5.56 Å². The van der Waals surface area contributed by atoms with Gasteiger partial charge in [-0.05, 0) is 31.4 Å². The fourth-order valence-electron chi connectivity index (χ4n) is 2.18. The topological polar surface area (TPSA) is 53.4 Å². The summed E-state index contributed by atoms with van der Waals surface area (Å²) < 4.78 is 0. The molecule has 0 amide bonds. The zero-order valence-corrected chi connectivity index (χ0v) is 11.3. The van der Waals surface area contributed by atoms with Crippen molar-refractivity contribution in [2.45, 2.75) is 38.6 Å². The SMILES string of the molecule is C=CCN(c1cc(C(=O)O)cc(CCC)n1)C1CC1. The van der Waals surface area contributed by atoms with Crippen LogP contribution in [0, 0.1) is 0 Å². The van der Waals surface area contributed by atoms with Gasteiger partial charge in [0, 0.05) is 18.3 Å². The Bertz CT molecular complexity index is 481. The lowest BCUT2D eigenvalue weighted by atomic mass is 10.1. The van der Waals surface area contributed by atoms with E-state index in [0.29, 0.717) is 18.2 Å². The Morgan fingerprint density at radius 1 is 1.58 bits per heavy atom. The molecule has 1 fully saturated rings. The van der Waals surface area contributed by atoms with Crippen molar-refractivity contribution in [2.24, 2.45) is 0 Å². The van der Waals surface area contributed by atoms with E-state index in [4.69, 9.17) is 0 Å². The third-order valence-corrected chi connectivity index (χ3v) is 3.23. The Labute approximate surface area is 113 Å². The molecule has 1 saturated carbocycles. The maximum absolute atomic E-state index is 11.2. The van der Waals surface area contributed by atoms with E-state index >= 15 is 0 Å². The van der Waals surface area contributed by atoms with Crippen molar-refractivity contribution >= 4 is 11.8 Å². The Morgan fingerprint density at radius 3 is 2.84 bits per heavy atom. The molecule has 102 valence electrons. The smallest absolute Gasteiger partial charge is 0.335 e. The molecule has 0 unspecified atom stereocenters. The lowest BCUT2D eigenvalue weighted by molar-refractivity contribution is 0.0696. The van der Waals surface area contributed by atoms with Gasteiger partial charge < -0.3 is 10.0 Å². The van der Waals surface area contributed by atoms with Crippen molar-refractivity contribution < 1.29 is 9.90 Å². The number of rotatable bonds is 7. The summed E-state index contributed by atoms with van der Waals surface area (Å²) >= 11 is 0. The highest BCUT2D eigenvalue weighted by molar-refractivity contribution is 5.88. The van der Waals surface area contributed by atoms with Crippen LogP contribution in [0.3, 0.4) is 0 Å². The van der Waals surface area contributed by atoms with E-state index in [1.165, 1.54) is 0 Å². The molecule has 1 aromatic rings. The van der Waals surface area contributed by atoms with Gasteiger partial charge in [0.2, 0.25) is 0 Å². The van der Waals surface area contributed by atoms with Crippen molar-refractivity contribution in [3.05, 3.63) is 36.0 Å². The lowest BCUT2D eigenvalue weighted by Crippen LogP contribution is -2.27. The highest BCUT2D eigenvalue weighted by Crippen LogP contribution is 2.31. The molecule has 1 heterocycles. The van der Waals surface area contributed by atoms with Crippen LogP contribution in [-0.4, -0.2) is 28.6 Å². The maximum atomic E-state index is 11.2. The second-order valence-corrected chi connectivity index (χ2v) is 4.93. The molecule has 0 spiro atoms. The molecule has 1 aliphatic carbocycles. The molecule has 0 aromatic carbocycles. The molecular weight excluding hydrogens is 240 g/mol. The first-order chi connectivity index (χ1) is 9.15. The lowest BCUT2D eigenvalue weighted by Gasteiger charge is -2.22. The molecule has 0 bridgehead atoms. The van der Waals surface area contributed by atoms with E-state index in [1.807, 2.05) is 6.08 Å². The van der Waals surface area contributed by atoms with Crippen molar-refractivity contribution in [3.63, 3.8) is 0 Å². The van der Waals surface area contributed by atoms with Gasteiger partial charge in [0.25, 0.3) is 0 Å². The number of nitrogens with zero attached hydrogens (tertiary/aromatic N) is 2.